The molecule has 0 aliphatic heterocycles. The van der Waals surface area contributed by atoms with Gasteiger partial charge in [-0.15, -0.1) is 0 Å². The number of carbonyl (C=O) groups is 1. The van der Waals surface area contributed by atoms with Crippen molar-refractivity contribution in [3.8, 4) is 0 Å². The summed E-state index contributed by atoms with van der Waals surface area (Å²) < 4.78 is 43.2. The van der Waals surface area contributed by atoms with E-state index in [9.17, 15) is 18.0 Å². The van der Waals surface area contributed by atoms with Gasteiger partial charge in [0, 0.05) is 0 Å². The smallest absolute Gasteiger partial charge is 0.418 e. The van der Waals surface area contributed by atoms with Crippen LogP contribution in [0.4, 0.5) is 13.2 Å². The molecule has 1 aromatic rings. The molecule has 0 saturated carbocycles. The number of hydrogen-bond acceptors (Lipinski definition) is 2. The quantitative estimate of drug-likeness (QED) is 0.621. The molecule has 0 atom stereocenters. The Bertz CT molecular complexity index is 452. The Hall–Kier alpha value is -1.49. The zero-order chi connectivity index (χ0) is 13.8. The number of hydrogen-bond donors (Lipinski definition) is 0. The molecule has 0 amide bonds. The monoisotopic (exact) mass is 278 g/mol. The lowest BCUT2D eigenvalue weighted by atomic mass is 10.1. The summed E-state index contributed by atoms with van der Waals surface area (Å²) in [5.74, 6) is -1.18. The van der Waals surface area contributed by atoms with E-state index in [0.717, 1.165) is 0 Å². The number of halogens is 4. The van der Waals surface area contributed by atoms with Gasteiger partial charge in [-0.1, -0.05) is 41.9 Å². The zero-order valence-electron chi connectivity index (χ0n) is 9.42. The van der Waals surface area contributed by atoms with Gasteiger partial charge in [0.2, 0.25) is 0 Å². The van der Waals surface area contributed by atoms with Crippen molar-refractivity contribution in [3.05, 3.63) is 40.9 Å². The predicted octanol–water partition coefficient (Wildman–Crippen LogP) is 3.76. The number of esters is 1. The first-order valence-electron chi connectivity index (χ1n) is 5.07. The average Bonchev–Trinajstić information content (AvgIpc) is 2.29. The fourth-order valence-corrected chi connectivity index (χ4v) is 1.59. The summed E-state index contributed by atoms with van der Waals surface area (Å²) in [4.78, 5) is 11.3. The Morgan fingerprint density at radius 3 is 2.28 bits per heavy atom. The third-order valence-corrected chi connectivity index (χ3v) is 2.36. The number of alkyl halides is 3. The van der Waals surface area contributed by atoms with Gasteiger partial charge in [0.1, 0.15) is 5.03 Å². The minimum atomic E-state index is -4.73. The van der Waals surface area contributed by atoms with Gasteiger partial charge in [0.05, 0.1) is 12.2 Å². The highest BCUT2D eigenvalue weighted by Crippen LogP contribution is 2.37. The van der Waals surface area contributed by atoms with Gasteiger partial charge >= 0.3 is 12.1 Å². The first-order valence-corrected chi connectivity index (χ1v) is 5.45. The number of benzene rings is 1. The molecule has 6 heteroatoms. The van der Waals surface area contributed by atoms with Crippen molar-refractivity contribution >= 4 is 23.1 Å². The maximum Gasteiger partial charge on any atom is 0.418 e. The molecule has 0 aliphatic carbocycles. The Labute approximate surface area is 107 Å². The molecule has 0 saturated heterocycles. The van der Waals surface area contributed by atoms with Crippen molar-refractivity contribution in [2.45, 2.75) is 13.1 Å². The van der Waals surface area contributed by atoms with Crippen LogP contribution in [-0.2, 0) is 9.53 Å². The second-order valence-electron chi connectivity index (χ2n) is 3.27. The fourth-order valence-electron chi connectivity index (χ4n) is 1.32. The first kappa shape index (κ1) is 14.6. The minimum absolute atomic E-state index is 0.0466. The Kier molecular flexibility index (Phi) is 4.78. The zero-order valence-corrected chi connectivity index (χ0v) is 10.2. The fraction of sp³-hybridized carbons (Fsp3) is 0.250. The van der Waals surface area contributed by atoms with Gasteiger partial charge in [-0.2, -0.15) is 13.2 Å². The SMILES string of the molecule is CCOC(=O)/C(Cl)=C(/c1ccccc1)C(F)(F)F. The number of ether oxygens (including phenoxy) is 1. The van der Waals surface area contributed by atoms with Crippen molar-refractivity contribution in [3.63, 3.8) is 0 Å². The first-order chi connectivity index (χ1) is 8.38. The van der Waals surface area contributed by atoms with Gasteiger partial charge in [-0.3, -0.25) is 0 Å². The standard InChI is InChI=1S/C12H10ClF3O2/c1-2-18-11(17)10(13)9(12(14,15)16)8-6-4-3-5-7-8/h3-7H,2H2,1H3/b10-9+. The molecule has 0 spiro atoms. The summed E-state index contributed by atoms with van der Waals surface area (Å²) in [6, 6.07) is 6.87. The van der Waals surface area contributed by atoms with Gasteiger partial charge in [0.25, 0.3) is 0 Å². The highest BCUT2D eigenvalue weighted by molar-refractivity contribution is 6.44. The molecule has 0 bridgehead atoms. The van der Waals surface area contributed by atoms with Crippen molar-refractivity contribution in [1.82, 2.24) is 0 Å². The van der Waals surface area contributed by atoms with Gasteiger partial charge in [-0.25, -0.2) is 4.79 Å². The van der Waals surface area contributed by atoms with E-state index in [0.29, 0.717) is 0 Å². The van der Waals surface area contributed by atoms with Crippen molar-refractivity contribution in [2.24, 2.45) is 0 Å². The van der Waals surface area contributed by atoms with Gasteiger partial charge in [-0.05, 0) is 12.5 Å². The molecule has 0 aliphatic rings. The lowest BCUT2D eigenvalue weighted by molar-refractivity contribution is -0.138. The van der Waals surface area contributed by atoms with Crippen LogP contribution in [0.5, 0.6) is 0 Å². The molecule has 0 aromatic heterocycles. The topological polar surface area (TPSA) is 26.3 Å². The maximum atomic E-state index is 12.9. The largest absolute Gasteiger partial charge is 0.462 e. The molecule has 98 valence electrons. The van der Waals surface area contributed by atoms with Crippen LogP contribution in [-0.4, -0.2) is 18.8 Å². The molecule has 0 unspecified atom stereocenters. The highest BCUT2D eigenvalue weighted by Gasteiger charge is 2.39. The molecule has 2 nitrogen and oxygen atoms in total. The number of carbonyl (C=O) groups excluding carboxylic acids is 1. The molecule has 0 fully saturated rings. The summed E-state index contributed by atoms with van der Waals surface area (Å²) in [7, 11) is 0. The Morgan fingerprint density at radius 1 is 1.28 bits per heavy atom. The van der Waals surface area contributed by atoms with Crippen molar-refractivity contribution in [1.29, 1.82) is 0 Å². The van der Waals surface area contributed by atoms with E-state index in [1.54, 1.807) is 6.07 Å². The second-order valence-corrected chi connectivity index (χ2v) is 3.65. The van der Waals surface area contributed by atoms with Crippen LogP contribution in [0.1, 0.15) is 12.5 Å². The van der Waals surface area contributed by atoms with Crippen LogP contribution in [0.15, 0.2) is 35.4 Å². The number of rotatable bonds is 3. The summed E-state index contributed by atoms with van der Waals surface area (Å²) in [5.41, 5.74) is -1.37. The Balaban J connectivity index is 3.31. The molecular formula is C12H10ClF3O2. The van der Waals surface area contributed by atoms with Crippen LogP contribution in [0.2, 0.25) is 0 Å². The van der Waals surface area contributed by atoms with E-state index < -0.39 is 22.8 Å². The summed E-state index contributed by atoms with van der Waals surface area (Å²) >= 11 is 5.48. The molecule has 1 rings (SSSR count). The normalized spacial score (nSPS) is 12.9. The minimum Gasteiger partial charge on any atom is -0.462 e. The van der Waals surface area contributed by atoms with E-state index >= 15 is 0 Å². The molecule has 0 heterocycles. The maximum absolute atomic E-state index is 12.9. The highest BCUT2D eigenvalue weighted by atomic mass is 35.5. The molecule has 1 aromatic carbocycles. The lowest BCUT2D eigenvalue weighted by Gasteiger charge is -2.13. The third kappa shape index (κ3) is 3.50. The van der Waals surface area contributed by atoms with Crippen molar-refractivity contribution < 1.29 is 22.7 Å². The molecule has 0 N–H and O–H groups in total. The Morgan fingerprint density at radius 2 is 1.83 bits per heavy atom. The van der Waals surface area contributed by atoms with Crippen LogP contribution >= 0.6 is 11.6 Å². The number of allylic oxidation sites excluding steroid dienone is 1. The average molecular weight is 279 g/mol. The third-order valence-electron chi connectivity index (χ3n) is 2.02. The van der Waals surface area contributed by atoms with E-state index in [2.05, 4.69) is 4.74 Å². The molecule has 0 radical (unpaired) electrons. The second kappa shape index (κ2) is 5.91. The summed E-state index contributed by atoms with van der Waals surface area (Å²) in [6.45, 7) is 1.44. The van der Waals surface area contributed by atoms with Gasteiger partial charge < -0.3 is 4.74 Å². The lowest BCUT2D eigenvalue weighted by Crippen LogP contribution is -2.16. The van der Waals surface area contributed by atoms with Gasteiger partial charge in [0.15, 0.2) is 0 Å². The van der Waals surface area contributed by atoms with Crippen LogP contribution in [0.25, 0.3) is 5.57 Å². The van der Waals surface area contributed by atoms with E-state index in [-0.39, 0.29) is 12.2 Å². The van der Waals surface area contributed by atoms with Crippen LogP contribution < -0.4 is 0 Å². The van der Waals surface area contributed by atoms with Crippen LogP contribution in [0.3, 0.4) is 0 Å². The van der Waals surface area contributed by atoms with E-state index in [1.807, 2.05) is 0 Å². The predicted molar refractivity (Wildman–Crippen MR) is 61.9 cm³/mol. The van der Waals surface area contributed by atoms with Crippen LogP contribution in [0, 0.1) is 0 Å². The van der Waals surface area contributed by atoms with Crippen molar-refractivity contribution in [2.75, 3.05) is 6.61 Å². The summed E-state index contributed by atoms with van der Waals surface area (Å²) in [6.07, 6.45) is -4.73. The van der Waals surface area contributed by atoms with E-state index in [1.165, 1.54) is 31.2 Å². The van der Waals surface area contributed by atoms with E-state index in [4.69, 9.17) is 11.6 Å². The summed E-state index contributed by atoms with van der Waals surface area (Å²) in [5, 5.41) is -0.962. The molecule has 18 heavy (non-hydrogen) atoms. The molecular weight excluding hydrogens is 269 g/mol.